The van der Waals surface area contributed by atoms with E-state index in [0.29, 0.717) is 4.47 Å². The maximum absolute atomic E-state index is 13.6. The molecule has 0 aliphatic carbocycles. The summed E-state index contributed by atoms with van der Waals surface area (Å²) in [5, 5.41) is 2.41. The third-order valence-corrected chi connectivity index (χ3v) is 5.42. The Hall–Kier alpha value is -1.19. The van der Waals surface area contributed by atoms with Crippen molar-refractivity contribution in [2.45, 2.75) is 4.90 Å². The van der Waals surface area contributed by atoms with E-state index in [-0.39, 0.29) is 20.6 Å². The molecule has 0 aliphatic heterocycles. The number of benzene rings is 2. The van der Waals surface area contributed by atoms with E-state index in [9.17, 15) is 17.6 Å². The molecule has 1 amide bonds. The molecule has 0 bridgehead atoms. The second kappa shape index (κ2) is 7.79. The second-order valence-electron chi connectivity index (χ2n) is 4.57. The topological polar surface area (TPSA) is 75.3 Å². The van der Waals surface area contributed by atoms with E-state index in [2.05, 4.69) is 26.0 Å². The van der Waals surface area contributed by atoms with Gasteiger partial charge in [0.25, 0.3) is 0 Å². The number of halogens is 4. The molecule has 2 N–H and O–H groups in total. The van der Waals surface area contributed by atoms with Gasteiger partial charge in [-0.05, 0) is 36.4 Å². The van der Waals surface area contributed by atoms with E-state index in [1.54, 1.807) is 0 Å². The summed E-state index contributed by atoms with van der Waals surface area (Å²) >= 11 is 14.7. The molecule has 0 heterocycles. The van der Waals surface area contributed by atoms with Crippen molar-refractivity contribution < 1.29 is 17.6 Å². The van der Waals surface area contributed by atoms with Crippen LogP contribution in [-0.2, 0) is 14.8 Å². The largest absolute Gasteiger partial charge is 0.322 e. The van der Waals surface area contributed by atoms with Gasteiger partial charge < -0.3 is 5.32 Å². The zero-order chi connectivity index (χ0) is 17.9. The van der Waals surface area contributed by atoms with Crippen LogP contribution in [0.25, 0.3) is 0 Å². The lowest BCUT2D eigenvalue weighted by Gasteiger charge is -2.10. The molecule has 5 nitrogen and oxygen atoms in total. The van der Waals surface area contributed by atoms with E-state index in [1.807, 2.05) is 0 Å². The van der Waals surface area contributed by atoms with Crippen LogP contribution in [0.4, 0.5) is 10.1 Å². The van der Waals surface area contributed by atoms with E-state index in [1.165, 1.54) is 36.4 Å². The summed E-state index contributed by atoms with van der Waals surface area (Å²) < 4.78 is 40.5. The molecular weight excluding hydrogens is 446 g/mol. The molecule has 0 spiro atoms. The summed E-state index contributed by atoms with van der Waals surface area (Å²) in [5.74, 6) is -1.39. The van der Waals surface area contributed by atoms with Crippen molar-refractivity contribution in [1.82, 2.24) is 4.72 Å². The fourth-order valence-electron chi connectivity index (χ4n) is 1.71. The highest BCUT2D eigenvalue weighted by atomic mass is 79.9. The van der Waals surface area contributed by atoms with Gasteiger partial charge in [0.2, 0.25) is 15.9 Å². The van der Waals surface area contributed by atoms with Crippen LogP contribution in [-0.4, -0.2) is 20.9 Å². The van der Waals surface area contributed by atoms with Crippen molar-refractivity contribution in [3.63, 3.8) is 0 Å². The van der Waals surface area contributed by atoms with Crippen LogP contribution in [0.3, 0.4) is 0 Å². The summed E-state index contributed by atoms with van der Waals surface area (Å²) in [6.07, 6.45) is 0. The van der Waals surface area contributed by atoms with Crippen molar-refractivity contribution in [1.29, 1.82) is 0 Å². The summed E-state index contributed by atoms with van der Waals surface area (Å²) in [4.78, 5) is 11.6. The van der Waals surface area contributed by atoms with E-state index >= 15 is 0 Å². The Bertz CT molecular complexity index is 894. The molecule has 2 rings (SSSR count). The van der Waals surface area contributed by atoms with Crippen molar-refractivity contribution in [2.75, 3.05) is 11.9 Å². The Morgan fingerprint density at radius 3 is 2.54 bits per heavy atom. The fraction of sp³-hybridized carbons (Fsp3) is 0.0714. The molecule has 0 saturated carbocycles. The molecule has 2 aromatic carbocycles. The van der Waals surface area contributed by atoms with Gasteiger partial charge in [-0.2, -0.15) is 0 Å². The zero-order valence-corrected chi connectivity index (χ0v) is 15.7. The van der Waals surface area contributed by atoms with Gasteiger partial charge in [0.05, 0.1) is 17.3 Å². The van der Waals surface area contributed by atoms with Crippen molar-refractivity contribution in [3.8, 4) is 0 Å². The molecule has 0 aliphatic rings. The van der Waals surface area contributed by atoms with Gasteiger partial charge in [-0.15, -0.1) is 0 Å². The zero-order valence-electron chi connectivity index (χ0n) is 11.8. The highest BCUT2D eigenvalue weighted by molar-refractivity contribution is 9.10. The number of nitrogens with one attached hydrogen (secondary N) is 2. The number of anilines is 1. The first kappa shape index (κ1) is 19.1. The lowest BCUT2D eigenvalue weighted by Crippen LogP contribution is -2.33. The van der Waals surface area contributed by atoms with E-state index in [4.69, 9.17) is 23.2 Å². The van der Waals surface area contributed by atoms with Crippen molar-refractivity contribution in [2.24, 2.45) is 0 Å². The van der Waals surface area contributed by atoms with Crippen LogP contribution >= 0.6 is 39.1 Å². The molecule has 0 saturated heterocycles. The average molecular weight is 456 g/mol. The SMILES string of the molecule is O=C(CNS(=O)(=O)c1cc(Cl)ccc1Cl)Nc1ccc(Br)cc1F. The number of sulfonamides is 1. The Labute approximate surface area is 156 Å². The third kappa shape index (κ3) is 4.90. The molecule has 128 valence electrons. The number of hydrogen-bond donors (Lipinski definition) is 2. The number of amides is 1. The third-order valence-electron chi connectivity index (χ3n) is 2.81. The van der Waals surface area contributed by atoms with Gasteiger partial charge in [-0.1, -0.05) is 39.1 Å². The Morgan fingerprint density at radius 2 is 1.88 bits per heavy atom. The first-order chi connectivity index (χ1) is 11.2. The van der Waals surface area contributed by atoms with Crippen LogP contribution in [0, 0.1) is 5.82 Å². The molecule has 2 aromatic rings. The second-order valence-corrected chi connectivity index (χ2v) is 8.07. The molecule has 0 unspecified atom stereocenters. The van der Waals surface area contributed by atoms with E-state index in [0.717, 1.165) is 0 Å². The van der Waals surface area contributed by atoms with Crippen molar-refractivity contribution >= 4 is 60.7 Å². The molecule has 10 heteroatoms. The Balaban J connectivity index is 2.06. The molecular formula is C14H10BrCl2FN2O3S. The van der Waals surface area contributed by atoms with Gasteiger partial charge in [0, 0.05) is 9.50 Å². The van der Waals surface area contributed by atoms with Crippen LogP contribution in [0.5, 0.6) is 0 Å². The van der Waals surface area contributed by atoms with Crippen LogP contribution in [0.1, 0.15) is 0 Å². The Morgan fingerprint density at radius 1 is 1.17 bits per heavy atom. The Kier molecular flexibility index (Phi) is 6.22. The molecule has 0 atom stereocenters. The minimum atomic E-state index is -4.05. The first-order valence-corrected chi connectivity index (χ1v) is 9.42. The lowest BCUT2D eigenvalue weighted by atomic mass is 10.3. The monoisotopic (exact) mass is 454 g/mol. The minimum Gasteiger partial charge on any atom is -0.322 e. The predicted molar refractivity (Wildman–Crippen MR) is 94.4 cm³/mol. The van der Waals surface area contributed by atoms with E-state index < -0.39 is 28.3 Å². The highest BCUT2D eigenvalue weighted by Gasteiger charge is 2.19. The normalized spacial score (nSPS) is 11.3. The maximum Gasteiger partial charge on any atom is 0.242 e. The average Bonchev–Trinajstić information content (AvgIpc) is 2.50. The predicted octanol–water partition coefficient (Wildman–Crippen LogP) is 3.81. The summed E-state index contributed by atoms with van der Waals surface area (Å²) in [6.45, 7) is -0.597. The number of hydrogen-bond acceptors (Lipinski definition) is 3. The highest BCUT2D eigenvalue weighted by Crippen LogP contribution is 2.24. The summed E-state index contributed by atoms with van der Waals surface area (Å²) in [5.41, 5.74) is -0.0665. The number of rotatable bonds is 5. The summed E-state index contributed by atoms with van der Waals surface area (Å²) in [6, 6.07) is 7.99. The van der Waals surface area contributed by atoms with Crippen molar-refractivity contribution in [3.05, 3.63) is 56.7 Å². The number of carbonyl (C=O) groups excluding carboxylic acids is 1. The smallest absolute Gasteiger partial charge is 0.242 e. The van der Waals surface area contributed by atoms with Gasteiger partial charge in [0.15, 0.2) is 0 Å². The van der Waals surface area contributed by atoms with Crippen LogP contribution in [0.2, 0.25) is 10.0 Å². The standard InChI is InChI=1S/C14H10BrCl2FN2O3S/c15-8-1-4-12(11(18)5-8)20-14(21)7-19-24(22,23)13-6-9(16)2-3-10(13)17/h1-6,19H,7H2,(H,20,21). The molecule has 24 heavy (non-hydrogen) atoms. The summed E-state index contributed by atoms with van der Waals surface area (Å²) in [7, 11) is -4.05. The van der Waals surface area contributed by atoms with Gasteiger partial charge in [-0.25, -0.2) is 17.5 Å². The van der Waals surface area contributed by atoms with Crippen LogP contribution < -0.4 is 10.0 Å². The molecule has 0 fully saturated rings. The number of carbonyl (C=O) groups is 1. The molecule has 0 aromatic heterocycles. The maximum atomic E-state index is 13.6. The quantitative estimate of drug-likeness (QED) is 0.719. The fourth-order valence-corrected chi connectivity index (χ4v) is 3.78. The van der Waals surface area contributed by atoms with Gasteiger partial charge in [-0.3, -0.25) is 4.79 Å². The van der Waals surface area contributed by atoms with Gasteiger partial charge in [0.1, 0.15) is 10.7 Å². The minimum absolute atomic E-state index is 0.0359. The lowest BCUT2D eigenvalue weighted by molar-refractivity contribution is -0.115. The van der Waals surface area contributed by atoms with Gasteiger partial charge >= 0.3 is 0 Å². The van der Waals surface area contributed by atoms with Crippen LogP contribution in [0.15, 0.2) is 45.8 Å². The first-order valence-electron chi connectivity index (χ1n) is 6.38. The molecule has 0 radical (unpaired) electrons.